The number of amides is 2. The summed E-state index contributed by atoms with van der Waals surface area (Å²) < 4.78 is 5.18. The molecule has 154 valence electrons. The molecule has 0 aromatic heterocycles. The zero-order valence-corrected chi connectivity index (χ0v) is 17.3. The molecule has 2 aliphatic heterocycles. The number of rotatable bonds is 5. The fourth-order valence-corrected chi connectivity index (χ4v) is 4.45. The largest absolute Gasteiger partial charge is 0.447 e. The highest BCUT2D eigenvalue weighted by Gasteiger charge is 2.45. The Labute approximate surface area is 167 Å². The number of imide groups is 1. The number of hydrogen-bond acceptors (Lipinski definition) is 5. The SMILES string of the molecule is C[C@@H](C(=O)N1C(=O)OC[C@H]1Cc1ccccc1)[C@@H](O)[C@@H]1CCCN1C(C)(C)C. The predicted molar refractivity (Wildman–Crippen MR) is 107 cm³/mol. The fraction of sp³-hybridized carbons (Fsp3) is 0.636. The van der Waals surface area contributed by atoms with Crippen molar-refractivity contribution in [1.29, 1.82) is 0 Å². The average Bonchev–Trinajstić information content (AvgIpc) is 3.28. The maximum absolute atomic E-state index is 13.2. The van der Waals surface area contributed by atoms with E-state index in [9.17, 15) is 14.7 Å². The summed E-state index contributed by atoms with van der Waals surface area (Å²) >= 11 is 0. The molecular formula is C22H32N2O4. The first-order valence-corrected chi connectivity index (χ1v) is 10.2. The lowest BCUT2D eigenvalue weighted by atomic mass is 9.92. The van der Waals surface area contributed by atoms with E-state index in [4.69, 9.17) is 4.74 Å². The van der Waals surface area contributed by atoms with E-state index < -0.39 is 18.1 Å². The van der Waals surface area contributed by atoms with Gasteiger partial charge in [-0.05, 0) is 52.1 Å². The van der Waals surface area contributed by atoms with Crippen molar-refractivity contribution in [2.75, 3.05) is 13.2 Å². The molecule has 0 aliphatic carbocycles. The first-order chi connectivity index (χ1) is 13.2. The van der Waals surface area contributed by atoms with Gasteiger partial charge in [0, 0.05) is 11.6 Å². The molecule has 0 spiro atoms. The van der Waals surface area contributed by atoms with Gasteiger partial charge in [-0.25, -0.2) is 9.69 Å². The van der Waals surface area contributed by atoms with Crippen LogP contribution in [0.3, 0.4) is 0 Å². The van der Waals surface area contributed by atoms with E-state index in [0.29, 0.717) is 6.42 Å². The molecule has 2 saturated heterocycles. The molecule has 1 aromatic rings. The van der Waals surface area contributed by atoms with E-state index >= 15 is 0 Å². The molecule has 0 saturated carbocycles. The molecule has 2 fully saturated rings. The van der Waals surface area contributed by atoms with Crippen molar-refractivity contribution in [2.45, 2.75) is 70.7 Å². The standard InChI is InChI=1S/C22H32N2O4/c1-15(19(25)18-11-8-12-23(18)22(2,3)4)20(26)24-17(14-28-21(24)27)13-16-9-6-5-7-10-16/h5-7,9-10,15,17-19,25H,8,11-14H2,1-4H3/t15-,17-,18+,19-/m1/s1. The smallest absolute Gasteiger partial charge is 0.416 e. The molecule has 0 unspecified atom stereocenters. The molecule has 1 N–H and O–H groups in total. The molecule has 2 aliphatic rings. The number of likely N-dealkylation sites (tertiary alicyclic amines) is 1. The van der Waals surface area contributed by atoms with E-state index in [1.54, 1.807) is 6.92 Å². The second kappa shape index (κ2) is 8.21. The number of ether oxygens (including phenoxy) is 1. The van der Waals surface area contributed by atoms with Crippen LogP contribution in [0.1, 0.15) is 46.1 Å². The van der Waals surface area contributed by atoms with Gasteiger partial charge >= 0.3 is 6.09 Å². The number of benzene rings is 1. The number of carbonyl (C=O) groups is 2. The van der Waals surface area contributed by atoms with Gasteiger partial charge in [0.25, 0.3) is 0 Å². The monoisotopic (exact) mass is 388 g/mol. The van der Waals surface area contributed by atoms with Gasteiger partial charge < -0.3 is 9.84 Å². The lowest BCUT2D eigenvalue weighted by Crippen LogP contribution is -2.54. The number of carbonyl (C=O) groups excluding carboxylic acids is 2. The minimum atomic E-state index is -0.819. The third-order valence-corrected chi connectivity index (χ3v) is 5.97. The molecule has 6 heteroatoms. The zero-order chi connectivity index (χ0) is 20.5. The highest BCUT2D eigenvalue weighted by atomic mass is 16.6. The van der Waals surface area contributed by atoms with Gasteiger partial charge in [0.05, 0.1) is 18.1 Å². The Kier molecular flexibility index (Phi) is 6.10. The molecule has 0 radical (unpaired) electrons. The average molecular weight is 389 g/mol. The second-order valence-electron chi connectivity index (χ2n) is 8.98. The molecule has 28 heavy (non-hydrogen) atoms. The van der Waals surface area contributed by atoms with Crippen LogP contribution in [0.4, 0.5) is 4.79 Å². The minimum Gasteiger partial charge on any atom is -0.447 e. The third-order valence-electron chi connectivity index (χ3n) is 5.97. The predicted octanol–water partition coefficient (Wildman–Crippen LogP) is 2.84. The molecule has 3 rings (SSSR count). The quantitative estimate of drug-likeness (QED) is 0.840. The first kappa shape index (κ1) is 20.8. The summed E-state index contributed by atoms with van der Waals surface area (Å²) in [5, 5.41) is 11.0. The second-order valence-corrected chi connectivity index (χ2v) is 8.98. The van der Waals surface area contributed by atoms with Crippen molar-refractivity contribution in [3.63, 3.8) is 0 Å². The van der Waals surface area contributed by atoms with E-state index in [2.05, 4.69) is 25.7 Å². The minimum absolute atomic E-state index is 0.0761. The summed E-state index contributed by atoms with van der Waals surface area (Å²) in [7, 11) is 0. The Bertz CT molecular complexity index is 700. The Balaban J connectivity index is 1.72. The van der Waals surface area contributed by atoms with Crippen LogP contribution >= 0.6 is 0 Å². The van der Waals surface area contributed by atoms with Crippen LogP contribution in [-0.2, 0) is 16.0 Å². The van der Waals surface area contributed by atoms with Crippen molar-refractivity contribution < 1.29 is 19.4 Å². The van der Waals surface area contributed by atoms with Crippen LogP contribution in [0.25, 0.3) is 0 Å². The van der Waals surface area contributed by atoms with Crippen LogP contribution in [0.15, 0.2) is 30.3 Å². The maximum atomic E-state index is 13.2. The van der Waals surface area contributed by atoms with E-state index in [0.717, 1.165) is 24.9 Å². The van der Waals surface area contributed by atoms with Gasteiger partial charge in [0.15, 0.2) is 0 Å². The molecule has 2 amide bonds. The van der Waals surface area contributed by atoms with Crippen molar-refractivity contribution >= 4 is 12.0 Å². The molecule has 0 bridgehead atoms. The molecule has 4 atom stereocenters. The summed E-state index contributed by atoms with van der Waals surface area (Å²) in [5.74, 6) is -1.02. The first-order valence-electron chi connectivity index (χ1n) is 10.2. The third kappa shape index (κ3) is 4.23. The van der Waals surface area contributed by atoms with Gasteiger partial charge in [0.2, 0.25) is 5.91 Å². The topological polar surface area (TPSA) is 70.1 Å². The Hall–Kier alpha value is -1.92. The zero-order valence-electron chi connectivity index (χ0n) is 17.3. The Morgan fingerprint density at radius 2 is 1.96 bits per heavy atom. The number of nitrogens with zero attached hydrogens (tertiary/aromatic N) is 2. The van der Waals surface area contributed by atoms with Crippen LogP contribution < -0.4 is 0 Å². The van der Waals surface area contributed by atoms with Gasteiger partial charge in [-0.15, -0.1) is 0 Å². The summed E-state index contributed by atoms with van der Waals surface area (Å²) in [6, 6.07) is 9.35. The summed E-state index contributed by atoms with van der Waals surface area (Å²) in [4.78, 5) is 28.9. The van der Waals surface area contributed by atoms with Crippen LogP contribution in [0.2, 0.25) is 0 Å². The lowest BCUT2D eigenvalue weighted by molar-refractivity contribution is -0.138. The van der Waals surface area contributed by atoms with Crippen molar-refractivity contribution in [2.24, 2.45) is 5.92 Å². The highest BCUT2D eigenvalue weighted by Crippen LogP contribution is 2.32. The van der Waals surface area contributed by atoms with E-state index in [-0.39, 0.29) is 30.1 Å². The van der Waals surface area contributed by atoms with E-state index in [1.165, 1.54) is 4.90 Å². The fourth-order valence-electron chi connectivity index (χ4n) is 4.45. The van der Waals surface area contributed by atoms with Crippen molar-refractivity contribution in [3.8, 4) is 0 Å². The molecule has 1 aromatic carbocycles. The number of aliphatic hydroxyl groups is 1. The molecule has 6 nitrogen and oxygen atoms in total. The normalized spacial score (nSPS) is 25.6. The van der Waals surface area contributed by atoms with Crippen LogP contribution in [0.5, 0.6) is 0 Å². The lowest BCUT2D eigenvalue weighted by Gasteiger charge is -2.40. The van der Waals surface area contributed by atoms with Gasteiger partial charge in [0.1, 0.15) is 6.61 Å². The molecular weight excluding hydrogens is 356 g/mol. The summed E-state index contributed by atoms with van der Waals surface area (Å²) in [6.45, 7) is 9.19. The Morgan fingerprint density at radius 3 is 2.61 bits per heavy atom. The van der Waals surface area contributed by atoms with Crippen LogP contribution in [0, 0.1) is 5.92 Å². The maximum Gasteiger partial charge on any atom is 0.416 e. The number of cyclic esters (lactones) is 1. The van der Waals surface area contributed by atoms with Gasteiger partial charge in [-0.1, -0.05) is 37.3 Å². The number of aliphatic hydroxyl groups excluding tert-OH is 1. The van der Waals surface area contributed by atoms with Gasteiger partial charge in [-0.3, -0.25) is 9.69 Å². The summed E-state index contributed by atoms with van der Waals surface area (Å²) in [5.41, 5.74) is 0.972. The number of hydrogen-bond donors (Lipinski definition) is 1. The van der Waals surface area contributed by atoms with Crippen molar-refractivity contribution in [3.05, 3.63) is 35.9 Å². The van der Waals surface area contributed by atoms with Crippen LogP contribution in [-0.4, -0.2) is 63.8 Å². The highest BCUT2D eigenvalue weighted by molar-refractivity contribution is 5.95. The van der Waals surface area contributed by atoms with Crippen molar-refractivity contribution in [1.82, 2.24) is 9.80 Å². The van der Waals surface area contributed by atoms with Gasteiger partial charge in [-0.2, -0.15) is 0 Å². The molecule has 2 heterocycles. The summed E-state index contributed by atoms with van der Waals surface area (Å²) in [6.07, 6.45) is 0.985. The Morgan fingerprint density at radius 1 is 1.29 bits per heavy atom. The van der Waals surface area contributed by atoms with E-state index in [1.807, 2.05) is 30.3 Å².